The van der Waals surface area contributed by atoms with Crippen LogP contribution in [0.1, 0.15) is 39.4 Å². The Balaban J connectivity index is 1.66. The minimum atomic E-state index is 0.0671. The Kier molecular flexibility index (Phi) is 3.46. The van der Waals surface area contributed by atoms with E-state index in [0.717, 1.165) is 69.7 Å². The SMILES string of the molecule is COc1cc(Br)c2c(c1OC)CN1CCc3c(O)c4c(c(O)c3C1C2)C4. The lowest BCUT2D eigenvalue weighted by molar-refractivity contribution is 0.153. The summed E-state index contributed by atoms with van der Waals surface area (Å²) in [4.78, 5) is 2.37. The monoisotopic (exact) mass is 417 g/mol. The molecule has 136 valence electrons. The van der Waals surface area contributed by atoms with Crippen LogP contribution >= 0.6 is 15.9 Å². The molecule has 2 aromatic rings. The Morgan fingerprint density at radius 3 is 2.54 bits per heavy atom. The van der Waals surface area contributed by atoms with Gasteiger partial charge >= 0.3 is 0 Å². The van der Waals surface area contributed by atoms with Crippen LogP contribution in [-0.4, -0.2) is 35.9 Å². The summed E-state index contributed by atoms with van der Waals surface area (Å²) in [6, 6.07) is 2.01. The van der Waals surface area contributed by atoms with Crippen molar-refractivity contribution in [1.82, 2.24) is 4.90 Å². The first-order valence-electron chi connectivity index (χ1n) is 8.79. The van der Waals surface area contributed by atoms with Crippen molar-refractivity contribution in [1.29, 1.82) is 0 Å². The summed E-state index contributed by atoms with van der Waals surface area (Å²) < 4.78 is 12.1. The summed E-state index contributed by atoms with van der Waals surface area (Å²) in [5.74, 6) is 2.30. The second-order valence-corrected chi connectivity index (χ2v) is 8.07. The number of methoxy groups -OCH3 is 2. The second-order valence-electron chi connectivity index (χ2n) is 7.21. The van der Waals surface area contributed by atoms with Crippen LogP contribution in [0.5, 0.6) is 23.0 Å². The van der Waals surface area contributed by atoms with Gasteiger partial charge in [-0.1, -0.05) is 15.9 Å². The van der Waals surface area contributed by atoms with Crippen molar-refractivity contribution < 1.29 is 19.7 Å². The predicted molar refractivity (Wildman–Crippen MR) is 100 cm³/mol. The van der Waals surface area contributed by atoms with E-state index in [-0.39, 0.29) is 6.04 Å². The highest BCUT2D eigenvalue weighted by Gasteiger charge is 2.41. The molecule has 26 heavy (non-hydrogen) atoms. The van der Waals surface area contributed by atoms with Gasteiger partial charge in [0.25, 0.3) is 0 Å². The molecule has 0 aromatic heterocycles. The van der Waals surface area contributed by atoms with Gasteiger partial charge in [0.1, 0.15) is 11.5 Å². The molecule has 0 spiro atoms. The molecule has 2 aliphatic heterocycles. The summed E-state index contributed by atoms with van der Waals surface area (Å²) in [5, 5.41) is 21.3. The first-order valence-corrected chi connectivity index (χ1v) is 9.59. The molecule has 1 aliphatic carbocycles. The fraction of sp³-hybridized carbons (Fsp3) is 0.400. The number of hydrogen-bond acceptors (Lipinski definition) is 5. The number of rotatable bonds is 2. The van der Waals surface area contributed by atoms with E-state index < -0.39 is 0 Å². The molecule has 0 amide bonds. The zero-order chi connectivity index (χ0) is 18.2. The lowest BCUT2D eigenvalue weighted by Gasteiger charge is -2.42. The molecule has 5 nitrogen and oxygen atoms in total. The molecule has 1 atom stereocenters. The largest absolute Gasteiger partial charge is 0.507 e. The quantitative estimate of drug-likeness (QED) is 0.625. The number of halogens is 1. The van der Waals surface area contributed by atoms with Gasteiger partial charge in [0.05, 0.1) is 14.2 Å². The van der Waals surface area contributed by atoms with Gasteiger partial charge in [-0.05, 0) is 24.5 Å². The van der Waals surface area contributed by atoms with E-state index >= 15 is 0 Å². The average Bonchev–Trinajstić information content (AvgIpc) is 3.45. The Labute approximate surface area is 160 Å². The fourth-order valence-electron chi connectivity index (χ4n) is 4.68. The maximum absolute atomic E-state index is 10.8. The first-order chi connectivity index (χ1) is 12.5. The van der Waals surface area contributed by atoms with Crippen LogP contribution in [0.15, 0.2) is 10.5 Å². The van der Waals surface area contributed by atoms with Gasteiger partial charge in [-0.25, -0.2) is 0 Å². The van der Waals surface area contributed by atoms with Crippen LogP contribution in [0, 0.1) is 0 Å². The zero-order valence-electron chi connectivity index (χ0n) is 14.7. The maximum Gasteiger partial charge on any atom is 0.165 e. The number of phenolic OH excluding ortho intramolecular Hbond substituents is 2. The van der Waals surface area contributed by atoms with Gasteiger partial charge in [0.15, 0.2) is 11.5 Å². The van der Waals surface area contributed by atoms with Crippen molar-refractivity contribution in [2.24, 2.45) is 0 Å². The van der Waals surface area contributed by atoms with E-state index in [9.17, 15) is 10.2 Å². The highest BCUT2D eigenvalue weighted by molar-refractivity contribution is 9.10. The molecular formula is C20H20BrNO4. The third kappa shape index (κ3) is 2.06. The van der Waals surface area contributed by atoms with E-state index in [0.29, 0.717) is 17.9 Å². The van der Waals surface area contributed by atoms with Crippen LogP contribution in [0.3, 0.4) is 0 Å². The van der Waals surface area contributed by atoms with Gasteiger partial charge in [-0.3, -0.25) is 4.90 Å². The molecule has 5 rings (SSSR count). The zero-order valence-corrected chi connectivity index (χ0v) is 16.3. The molecule has 0 saturated carbocycles. The Morgan fingerprint density at radius 1 is 1.04 bits per heavy atom. The van der Waals surface area contributed by atoms with Gasteiger partial charge < -0.3 is 19.7 Å². The lowest BCUT2D eigenvalue weighted by atomic mass is 9.83. The minimum Gasteiger partial charge on any atom is -0.507 e. The Morgan fingerprint density at radius 2 is 1.81 bits per heavy atom. The molecule has 2 heterocycles. The van der Waals surface area contributed by atoms with Crippen molar-refractivity contribution in [3.05, 3.63) is 43.9 Å². The standard InChI is InChI=1S/C20H20BrNO4/c1-25-16-7-14(21)10-6-15-17-9(18(23)11-5-12(11)19(17)24)3-4-22(15)8-13(10)20(16)26-2/h7,15,23-24H,3-6,8H2,1-2H3. The second kappa shape index (κ2) is 5.54. The molecular weight excluding hydrogens is 398 g/mol. The Bertz CT molecular complexity index is 956. The van der Waals surface area contributed by atoms with Gasteiger partial charge in [-0.2, -0.15) is 0 Å². The predicted octanol–water partition coefficient (Wildman–Crippen LogP) is 3.44. The molecule has 2 aromatic carbocycles. The van der Waals surface area contributed by atoms with Gasteiger partial charge in [0.2, 0.25) is 0 Å². The number of benzene rings is 2. The van der Waals surface area contributed by atoms with E-state index in [1.807, 2.05) is 6.07 Å². The van der Waals surface area contributed by atoms with E-state index in [1.54, 1.807) is 14.2 Å². The first kappa shape index (κ1) is 16.3. The van der Waals surface area contributed by atoms with Gasteiger partial charge in [-0.15, -0.1) is 0 Å². The molecule has 0 bridgehead atoms. The molecule has 2 N–H and O–H groups in total. The molecule has 0 fully saturated rings. The van der Waals surface area contributed by atoms with Crippen LogP contribution in [-0.2, 0) is 25.8 Å². The normalized spacial score (nSPS) is 19.9. The number of ether oxygens (including phenoxy) is 2. The minimum absolute atomic E-state index is 0.0671. The molecule has 3 aliphatic rings. The average molecular weight is 418 g/mol. The third-order valence-electron chi connectivity index (χ3n) is 6.04. The number of nitrogens with zero attached hydrogens (tertiary/aromatic N) is 1. The van der Waals surface area contributed by atoms with Gasteiger partial charge in [0, 0.05) is 57.8 Å². The highest BCUT2D eigenvalue weighted by atomic mass is 79.9. The smallest absolute Gasteiger partial charge is 0.165 e. The van der Waals surface area contributed by atoms with Crippen LogP contribution < -0.4 is 9.47 Å². The summed E-state index contributed by atoms with van der Waals surface area (Å²) in [6.07, 6.45) is 2.22. The number of hydrogen-bond donors (Lipinski definition) is 2. The Hall–Kier alpha value is -1.92. The molecule has 1 unspecified atom stereocenters. The third-order valence-corrected chi connectivity index (χ3v) is 6.75. The summed E-state index contributed by atoms with van der Waals surface area (Å²) in [7, 11) is 3.32. The number of aromatic hydroxyl groups is 2. The van der Waals surface area contributed by atoms with Crippen LogP contribution in [0.4, 0.5) is 0 Å². The lowest BCUT2D eigenvalue weighted by Crippen LogP contribution is -2.39. The van der Waals surface area contributed by atoms with Crippen molar-refractivity contribution in [3.63, 3.8) is 0 Å². The van der Waals surface area contributed by atoms with Crippen LogP contribution in [0.2, 0.25) is 0 Å². The van der Waals surface area contributed by atoms with Crippen molar-refractivity contribution in [3.8, 4) is 23.0 Å². The molecule has 0 saturated heterocycles. The van der Waals surface area contributed by atoms with Crippen molar-refractivity contribution in [2.45, 2.75) is 31.8 Å². The molecule has 6 heteroatoms. The highest BCUT2D eigenvalue weighted by Crippen LogP contribution is 2.55. The summed E-state index contributed by atoms with van der Waals surface area (Å²) >= 11 is 3.69. The van der Waals surface area contributed by atoms with E-state index in [2.05, 4.69) is 20.8 Å². The van der Waals surface area contributed by atoms with Crippen molar-refractivity contribution in [2.75, 3.05) is 20.8 Å². The number of fused-ring (bicyclic) bond motifs is 5. The number of phenols is 2. The molecule has 0 radical (unpaired) electrons. The van der Waals surface area contributed by atoms with E-state index in [1.165, 1.54) is 5.56 Å². The van der Waals surface area contributed by atoms with E-state index in [4.69, 9.17) is 9.47 Å². The maximum atomic E-state index is 10.8. The summed E-state index contributed by atoms with van der Waals surface area (Å²) in [5.41, 5.74) is 6.01. The fourth-order valence-corrected chi connectivity index (χ4v) is 5.29. The van der Waals surface area contributed by atoms with Crippen molar-refractivity contribution >= 4 is 15.9 Å². The topological polar surface area (TPSA) is 62.2 Å². The summed E-state index contributed by atoms with van der Waals surface area (Å²) in [6.45, 7) is 1.58. The van der Waals surface area contributed by atoms with Crippen LogP contribution in [0.25, 0.3) is 0 Å².